The van der Waals surface area contributed by atoms with Crippen LogP contribution in [0.2, 0.25) is 0 Å². The normalized spacial score (nSPS) is 27.3. The maximum absolute atomic E-state index is 6.11. The summed E-state index contributed by atoms with van der Waals surface area (Å²) in [5.74, 6) is 1.11. The SMILES string of the molecule is CC(C)c1ccc2c(c1)C1OCCC1C(c1ccsc1)N2. The first kappa shape index (κ1) is 13.4. The van der Waals surface area contributed by atoms with Gasteiger partial charge in [-0.1, -0.05) is 26.0 Å². The zero-order valence-electron chi connectivity index (χ0n) is 12.5. The molecule has 2 nitrogen and oxygen atoms in total. The summed E-state index contributed by atoms with van der Waals surface area (Å²) in [6.45, 7) is 5.38. The molecule has 0 saturated carbocycles. The van der Waals surface area contributed by atoms with Gasteiger partial charge >= 0.3 is 0 Å². The molecule has 1 saturated heterocycles. The smallest absolute Gasteiger partial charge is 0.0896 e. The maximum Gasteiger partial charge on any atom is 0.0896 e. The topological polar surface area (TPSA) is 21.3 Å². The predicted octanol–water partition coefficient (Wildman–Crippen LogP) is 5.12. The molecule has 3 atom stereocenters. The number of anilines is 1. The van der Waals surface area contributed by atoms with Crippen molar-refractivity contribution in [1.29, 1.82) is 0 Å². The summed E-state index contributed by atoms with van der Waals surface area (Å²) in [7, 11) is 0. The van der Waals surface area contributed by atoms with Crippen molar-refractivity contribution in [3.05, 3.63) is 51.7 Å². The van der Waals surface area contributed by atoms with Crippen LogP contribution in [0, 0.1) is 5.92 Å². The molecule has 1 aromatic carbocycles. The summed E-state index contributed by atoms with van der Waals surface area (Å²) in [6.07, 6.45) is 1.40. The van der Waals surface area contributed by atoms with Gasteiger partial charge in [0.25, 0.3) is 0 Å². The Kier molecular flexibility index (Phi) is 3.27. The molecule has 3 unspecified atom stereocenters. The number of nitrogens with one attached hydrogen (secondary N) is 1. The van der Waals surface area contributed by atoms with Gasteiger partial charge in [-0.25, -0.2) is 0 Å². The largest absolute Gasteiger partial charge is 0.378 e. The molecule has 1 N–H and O–H groups in total. The number of benzene rings is 1. The second kappa shape index (κ2) is 5.15. The molecule has 21 heavy (non-hydrogen) atoms. The van der Waals surface area contributed by atoms with Crippen LogP contribution in [0.1, 0.15) is 55.0 Å². The van der Waals surface area contributed by atoms with Crippen LogP contribution in [0.4, 0.5) is 5.69 Å². The Hall–Kier alpha value is -1.32. The lowest BCUT2D eigenvalue weighted by Crippen LogP contribution is -2.29. The lowest BCUT2D eigenvalue weighted by molar-refractivity contribution is 0.0829. The van der Waals surface area contributed by atoms with Crippen LogP contribution in [0.15, 0.2) is 35.0 Å². The minimum absolute atomic E-state index is 0.254. The Bertz CT molecular complexity index is 635. The van der Waals surface area contributed by atoms with Crippen molar-refractivity contribution in [2.75, 3.05) is 11.9 Å². The quantitative estimate of drug-likeness (QED) is 0.831. The molecule has 0 radical (unpaired) electrons. The van der Waals surface area contributed by atoms with Gasteiger partial charge in [0.05, 0.1) is 12.1 Å². The van der Waals surface area contributed by atoms with Crippen LogP contribution in [0.3, 0.4) is 0 Å². The molecule has 0 aliphatic carbocycles. The van der Waals surface area contributed by atoms with E-state index in [1.807, 2.05) is 0 Å². The van der Waals surface area contributed by atoms with Gasteiger partial charge in [0.15, 0.2) is 0 Å². The Morgan fingerprint density at radius 2 is 2.19 bits per heavy atom. The average molecular weight is 299 g/mol. The molecule has 110 valence electrons. The fourth-order valence-corrected chi connectivity index (χ4v) is 4.33. The monoisotopic (exact) mass is 299 g/mol. The molecule has 2 aliphatic rings. The summed E-state index contributed by atoms with van der Waals surface area (Å²) in [5.41, 5.74) is 5.41. The second-order valence-electron chi connectivity index (χ2n) is 6.42. The van der Waals surface area contributed by atoms with E-state index < -0.39 is 0 Å². The molecule has 3 heteroatoms. The highest BCUT2D eigenvalue weighted by Crippen LogP contribution is 2.50. The van der Waals surface area contributed by atoms with E-state index in [9.17, 15) is 0 Å². The lowest BCUT2D eigenvalue weighted by Gasteiger charge is -2.36. The van der Waals surface area contributed by atoms with Crippen LogP contribution >= 0.6 is 11.3 Å². The Morgan fingerprint density at radius 3 is 2.95 bits per heavy atom. The first-order valence-corrected chi connectivity index (χ1v) is 8.72. The fraction of sp³-hybridized carbons (Fsp3) is 0.444. The van der Waals surface area contributed by atoms with Crippen LogP contribution < -0.4 is 5.32 Å². The van der Waals surface area contributed by atoms with Gasteiger partial charge in [-0.3, -0.25) is 0 Å². The van der Waals surface area contributed by atoms with Crippen molar-refractivity contribution >= 4 is 17.0 Å². The molecule has 2 aliphatic heterocycles. The van der Waals surface area contributed by atoms with E-state index in [1.165, 1.54) is 22.4 Å². The Labute approximate surface area is 130 Å². The molecule has 3 heterocycles. The van der Waals surface area contributed by atoms with Crippen molar-refractivity contribution in [3.8, 4) is 0 Å². The van der Waals surface area contributed by atoms with Gasteiger partial charge in [-0.2, -0.15) is 11.3 Å². The number of thiophene rings is 1. The zero-order valence-corrected chi connectivity index (χ0v) is 13.3. The Balaban J connectivity index is 1.77. The van der Waals surface area contributed by atoms with E-state index in [-0.39, 0.29) is 6.10 Å². The van der Waals surface area contributed by atoms with Crippen molar-refractivity contribution < 1.29 is 4.74 Å². The van der Waals surface area contributed by atoms with E-state index >= 15 is 0 Å². The molecular formula is C18H21NOS. The van der Waals surface area contributed by atoms with E-state index in [1.54, 1.807) is 11.3 Å². The number of hydrogen-bond acceptors (Lipinski definition) is 3. The van der Waals surface area contributed by atoms with Crippen LogP contribution in [-0.4, -0.2) is 6.61 Å². The number of hydrogen-bond donors (Lipinski definition) is 1. The third-order valence-corrected chi connectivity index (χ3v) is 5.53. The zero-order chi connectivity index (χ0) is 14.4. The van der Waals surface area contributed by atoms with Gasteiger partial charge < -0.3 is 10.1 Å². The van der Waals surface area contributed by atoms with Gasteiger partial charge in [-0.15, -0.1) is 0 Å². The third-order valence-electron chi connectivity index (χ3n) is 4.83. The fourth-order valence-electron chi connectivity index (χ4n) is 3.63. The predicted molar refractivity (Wildman–Crippen MR) is 88.0 cm³/mol. The van der Waals surface area contributed by atoms with Crippen LogP contribution in [0.25, 0.3) is 0 Å². The summed E-state index contributed by atoms with van der Waals surface area (Å²) in [4.78, 5) is 0. The molecule has 4 rings (SSSR count). The Morgan fingerprint density at radius 1 is 1.29 bits per heavy atom. The van der Waals surface area contributed by atoms with Crippen molar-refractivity contribution in [1.82, 2.24) is 0 Å². The number of fused-ring (bicyclic) bond motifs is 3. The van der Waals surface area contributed by atoms with Gasteiger partial charge in [0.2, 0.25) is 0 Å². The highest BCUT2D eigenvalue weighted by molar-refractivity contribution is 7.08. The summed E-state index contributed by atoms with van der Waals surface area (Å²) >= 11 is 1.77. The van der Waals surface area contributed by atoms with Crippen molar-refractivity contribution in [2.45, 2.75) is 38.3 Å². The first-order chi connectivity index (χ1) is 10.2. The lowest BCUT2D eigenvalue weighted by atomic mass is 9.81. The first-order valence-electron chi connectivity index (χ1n) is 7.78. The van der Waals surface area contributed by atoms with E-state index in [4.69, 9.17) is 4.74 Å². The highest BCUT2D eigenvalue weighted by Gasteiger charge is 2.41. The minimum Gasteiger partial charge on any atom is -0.378 e. The second-order valence-corrected chi connectivity index (χ2v) is 7.20. The highest BCUT2D eigenvalue weighted by atomic mass is 32.1. The minimum atomic E-state index is 0.254. The van der Waals surface area contributed by atoms with Gasteiger partial charge in [-0.05, 0) is 46.4 Å². The average Bonchev–Trinajstić information content (AvgIpc) is 3.17. The summed E-state index contributed by atoms with van der Waals surface area (Å²) < 4.78 is 6.11. The molecule has 0 amide bonds. The van der Waals surface area contributed by atoms with E-state index in [0.29, 0.717) is 17.9 Å². The number of ether oxygens (including phenoxy) is 1. The van der Waals surface area contributed by atoms with E-state index in [2.05, 4.69) is 54.2 Å². The maximum atomic E-state index is 6.11. The molecule has 0 bridgehead atoms. The standard InChI is InChI=1S/C18H21NOS/c1-11(2)12-3-4-16-15(9-12)18-14(5-7-20-18)17(19-16)13-6-8-21-10-13/h3-4,6,8-11,14,17-19H,5,7H2,1-2H3. The molecule has 2 aromatic rings. The summed E-state index contributed by atoms with van der Waals surface area (Å²) in [5, 5.41) is 8.19. The van der Waals surface area contributed by atoms with Crippen molar-refractivity contribution in [3.63, 3.8) is 0 Å². The molecule has 1 fully saturated rings. The van der Waals surface area contributed by atoms with Crippen molar-refractivity contribution in [2.24, 2.45) is 5.92 Å². The van der Waals surface area contributed by atoms with Crippen LogP contribution in [0.5, 0.6) is 0 Å². The van der Waals surface area contributed by atoms with E-state index in [0.717, 1.165) is 13.0 Å². The third kappa shape index (κ3) is 2.19. The number of rotatable bonds is 2. The molecule has 0 spiro atoms. The molecular weight excluding hydrogens is 278 g/mol. The van der Waals surface area contributed by atoms with Gasteiger partial charge in [0.1, 0.15) is 0 Å². The summed E-state index contributed by atoms with van der Waals surface area (Å²) in [6, 6.07) is 9.46. The van der Waals surface area contributed by atoms with Crippen LogP contribution in [-0.2, 0) is 4.74 Å². The molecule has 1 aromatic heterocycles. The van der Waals surface area contributed by atoms with Gasteiger partial charge in [0, 0.05) is 23.8 Å².